The fraction of sp³-hybridized carbons (Fsp3) is 0.125. The first kappa shape index (κ1) is 12.4. The molecule has 0 fully saturated rings. The van der Waals surface area contributed by atoms with Crippen LogP contribution in [0, 0.1) is 0 Å². The van der Waals surface area contributed by atoms with Crippen molar-refractivity contribution in [2.24, 2.45) is 5.84 Å². The van der Waals surface area contributed by atoms with Gasteiger partial charge in [-0.1, -0.05) is 0 Å². The second-order valence-electron chi connectivity index (χ2n) is 2.79. The van der Waals surface area contributed by atoms with Crippen LogP contribution >= 0.6 is 0 Å². The van der Waals surface area contributed by atoms with Gasteiger partial charge < -0.3 is 9.84 Å². The van der Waals surface area contributed by atoms with E-state index in [0.29, 0.717) is 0 Å². The summed E-state index contributed by atoms with van der Waals surface area (Å²) in [6.45, 7) is 0. The predicted molar refractivity (Wildman–Crippen MR) is 54.5 cm³/mol. The van der Waals surface area contributed by atoms with Crippen molar-refractivity contribution in [2.45, 2.75) is 4.90 Å². The number of nitrogens with one attached hydrogen (secondary N) is 1. The highest BCUT2D eigenvalue weighted by Gasteiger charge is 2.19. The lowest BCUT2D eigenvalue weighted by molar-refractivity contribution is 0.0696. The molecule has 0 saturated carbocycles. The van der Waals surface area contributed by atoms with Gasteiger partial charge in [-0.15, -0.1) is 4.83 Å². The Bertz CT molecular complexity index is 511. The molecule has 0 radical (unpaired) electrons. The summed E-state index contributed by atoms with van der Waals surface area (Å²) in [6.07, 6.45) is 0. The number of aromatic carboxylic acids is 1. The number of hydrazine groups is 1. The summed E-state index contributed by atoms with van der Waals surface area (Å²) in [7, 11) is -2.64. The van der Waals surface area contributed by atoms with E-state index in [1.807, 2.05) is 0 Å². The Balaban J connectivity index is 3.39. The maximum absolute atomic E-state index is 11.4. The largest absolute Gasteiger partial charge is 0.495 e. The van der Waals surface area contributed by atoms with Crippen molar-refractivity contribution < 1.29 is 23.1 Å². The first-order chi connectivity index (χ1) is 7.42. The van der Waals surface area contributed by atoms with Gasteiger partial charge in [-0.3, -0.25) is 5.84 Å². The van der Waals surface area contributed by atoms with Crippen LogP contribution in [-0.2, 0) is 10.0 Å². The van der Waals surface area contributed by atoms with Crippen molar-refractivity contribution >= 4 is 16.0 Å². The maximum atomic E-state index is 11.4. The molecule has 16 heavy (non-hydrogen) atoms. The lowest BCUT2D eigenvalue weighted by Gasteiger charge is -2.08. The molecule has 7 nitrogen and oxygen atoms in total. The first-order valence-electron chi connectivity index (χ1n) is 4.06. The fourth-order valence-electron chi connectivity index (χ4n) is 1.09. The molecule has 0 atom stereocenters. The number of carbonyl (C=O) groups is 1. The average Bonchev–Trinajstić information content (AvgIpc) is 2.28. The Kier molecular flexibility index (Phi) is 3.48. The molecule has 0 saturated heterocycles. The van der Waals surface area contributed by atoms with Crippen LogP contribution in [0.3, 0.4) is 0 Å². The third-order valence-corrected chi connectivity index (χ3v) is 3.08. The Morgan fingerprint density at radius 2 is 2.12 bits per heavy atom. The number of carboxylic acids is 1. The fourth-order valence-corrected chi connectivity index (χ4v) is 1.87. The molecule has 0 bridgehead atoms. The van der Waals surface area contributed by atoms with Crippen LogP contribution in [0.2, 0.25) is 0 Å². The molecule has 0 aliphatic rings. The normalized spacial score (nSPS) is 11.1. The van der Waals surface area contributed by atoms with E-state index in [-0.39, 0.29) is 16.2 Å². The maximum Gasteiger partial charge on any atom is 0.335 e. The highest BCUT2D eigenvalue weighted by molar-refractivity contribution is 7.89. The number of ether oxygens (including phenoxy) is 1. The zero-order chi connectivity index (χ0) is 12.3. The topological polar surface area (TPSA) is 119 Å². The van der Waals surface area contributed by atoms with Crippen molar-refractivity contribution in [1.29, 1.82) is 0 Å². The molecule has 0 aliphatic heterocycles. The number of hydrogen-bond donors (Lipinski definition) is 3. The Hall–Kier alpha value is -1.64. The summed E-state index contributed by atoms with van der Waals surface area (Å²) in [6, 6.07) is 3.36. The molecule has 0 aliphatic carbocycles. The van der Waals surface area contributed by atoms with Gasteiger partial charge in [0, 0.05) is 0 Å². The van der Waals surface area contributed by atoms with E-state index in [0.717, 1.165) is 18.2 Å². The van der Waals surface area contributed by atoms with Gasteiger partial charge in [0.1, 0.15) is 10.6 Å². The summed E-state index contributed by atoms with van der Waals surface area (Å²) in [4.78, 5) is 12.1. The van der Waals surface area contributed by atoms with E-state index in [4.69, 9.17) is 15.7 Å². The summed E-state index contributed by atoms with van der Waals surface area (Å²) in [5.41, 5.74) is -0.0761. The van der Waals surface area contributed by atoms with Crippen molar-refractivity contribution in [3.8, 4) is 5.75 Å². The predicted octanol–water partition coefficient (Wildman–Crippen LogP) is -0.455. The lowest BCUT2D eigenvalue weighted by atomic mass is 10.2. The number of nitrogens with two attached hydrogens (primary N) is 1. The summed E-state index contributed by atoms with van der Waals surface area (Å²) < 4.78 is 27.6. The Morgan fingerprint density at radius 1 is 1.50 bits per heavy atom. The highest BCUT2D eigenvalue weighted by atomic mass is 32.2. The number of sulfonamides is 1. The zero-order valence-corrected chi connectivity index (χ0v) is 9.11. The van der Waals surface area contributed by atoms with Gasteiger partial charge in [0.05, 0.1) is 12.7 Å². The summed E-state index contributed by atoms with van der Waals surface area (Å²) in [5, 5.41) is 8.71. The van der Waals surface area contributed by atoms with Gasteiger partial charge in [-0.05, 0) is 18.2 Å². The number of carboxylic acid groups (broad SMARTS) is 1. The van der Waals surface area contributed by atoms with Crippen LogP contribution in [0.25, 0.3) is 0 Å². The Morgan fingerprint density at radius 3 is 2.56 bits per heavy atom. The van der Waals surface area contributed by atoms with Crippen LogP contribution in [0.5, 0.6) is 5.75 Å². The van der Waals surface area contributed by atoms with Gasteiger partial charge in [0.25, 0.3) is 10.0 Å². The molecule has 1 rings (SSSR count). The average molecular weight is 246 g/mol. The third kappa shape index (κ3) is 2.30. The standard InChI is InChI=1S/C8H10N2O5S/c1-15-6-4-5(8(11)12)2-3-7(6)16(13,14)10-9/h2-4,10H,9H2,1H3,(H,11,12). The lowest BCUT2D eigenvalue weighted by Crippen LogP contribution is -2.30. The van der Waals surface area contributed by atoms with Crippen LogP contribution in [0.4, 0.5) is 0 Å². The van der Waals surface area contributed by atoms with Crippen LogP contribution in [0.15, 0.2) is 23.1 Å². The first-order valence-corrected chi connectivity index (χ1v) is 5.54. The smallest absolute Gasteiger partial charge is 0.335 e. The molecule has 0 unspecified atom stereocenters. The number of methoxy groups -OCH3 is 1. The molecule has 0 heterocycles. The van der Waals surface area contributed by atoms with Crippen LogP contribution in [-0.4, -0.2) is 26.6 Å². The highest BCUT2D eigenvalue weighted by Crippen LogP contribution is 2.24. The van der Waals surface area contributed by atoms with Crippen LogP contribution < -0.4 is 15.4 Å². The van der Waals surface area contributed by atoms with Crippen molar-refractivity contribution in [3.05, 3.63) is 23.8 Å². The molecule has 8 heteroatoms. The van der Waals surface area contributed by atoms with Gasteiger partial charge in [0.2, 0.25) is 0 Å². The van der Waals surface area contributed by atoms with Crippen molar-refractivity contribution in [3.63, 3.8) is 0 Å². The van der Waals surface area contributed by atoms with E-state index >= 15 is 0 Å². The molecule has 0 amide bonds. The quantitative estimate of drug-likeness (QED) is 0.489. The minimum atomic E-state index is -3.87. The van der Waals surface area contributed by atoms with E-state index < -0.39 is 16.0 Å². The summed E-state index contributed by atoms with van der Waals surface area (Å²) >= 11 is 0. The second-order valence-corrected chi connectivity index (χ2v) is 4.47. The molecular formula is C8H10N2O5S. The van der Waals surface area contributed by atoms with E-state index in [2.05, 4.69) is 0 Å². The Labute approximate surface area is 91.9 Å². The monoisotopic (exact) mass is 246 g/mol. The molecule has 1 aromatic rings. The van der Waals surface area contributed by atoms with E-state index in [1.165, 1.54) is 7.11 Å². The number of hydrogen-bond acceptors (Lipinski definition) is 5. The number of benzene rings is 1. The van der Waals surface area contributed by atoms with Gasteiger partial charge in [0.15, 0.2) is 0 Å². The van der Waals surface area contributed by atoms with Gasteiger partial charge >= 0.3 is 5.97 Å². The van der Waals surface area contributed by atoms with Crippen molar-refractivity contribution in [1.82, 2.24) is 4.83 Å². The summed E-state index contributed by atoms with van der Waals surface area (Å²) in [5.74, 6) is 3.59. The van der Waals surface area contributed by atoms with Gasteiger partial charge in [-0.25, -0.2) is 13.2 Å². The SMILES string of the molecule is COc1cc(C(=O)O)ccc1S(=O)(=O)NN. The van der Waals surface area contributed by atoms with Crippen molar-refractivity contribution in [2.75, 3.05) is 7.11 Å². The molecule has 0 aromatic heterocycles. The molecule has 4 N–H and O–H groups in total. The molecule has 1 aromatic carbocycles. The zero-order valence-electron chi connectivity index (χ0n) is 8.30. The molecule has 0 spiro atoms. The molecular weight excluding hydrogens is 236 g/mol. The minimum absolute atomic E-state index is 0.0761. The van der Waals surface area contributed by atoms with Crippen LogP contribution in [0.1, 0.15) is 10.4 Å². The minimum Gasteiger partial charge on any atom is -0.495 e. The number of rotatable bonds is 4. The van der Waals surface area contributed by atoms with E-state index in [9.17, 15) is 13.2 Å². The molecule has 88 valence electrons. The second kappa shape index (κ2) is 4.47. The van der Waals surface area contributed by atoms with E-state index in [1.54, 1.807) is 4.83 Å². The third-order valence-electron chi connectivity index (χ3n) is 1.86. The van der Waals surface area contributed by atoms with Gasteiger partial charge in [-0.2, -0.15) is 0 Å².